The molecule has 0 fully saturated rings. The van der Waals surface area contributed by atoms with Crippen molar-refractivity contribution in [3.63, 3.8) is 0 Å². The van der Waals surface area contributed by atoms with Gasteiger partial charge in [-0.05, 0) is 25.1 Å². The smallest absolute Gasteiger partial charge is 0.161 e. The van der Waals surface area contributed by atoms with Gasteiger partial charge in [-0.1, -0.05) is 12.1 Å². The molecule has 1 rings (SSSR count). The number of para-hydroxylation sites is 2. The van der Waals surface area contributed by atoms with E-state index < -0.39 is 15.9 Å². The molecule has 0 spiro atoms. The number of methoxy groups -OCH3 is 1. The van der Waals surface area contributed by atoms with Crippen molar-refractivity contribution in [1.29, 1.82) is 0 Å². The van der Waals surface area contributed by atoms with E-state index in [0.29, 0.717) is 31.0 Å². The Labute approximate surface area is 126 Å². The average molecular weight is 317 g/mol. The van der Waals surface area contributed by atoms with Gasteiger partial charge in [0, 0.05) is 12.8 Å². The lowest BCUT2D eigenvalue weighted by atomic mass is 10.3. The molecule has 0 bridgehead atoms. The summed E-state index contributed by atoms with van der Waals surface area (Å²) < 4.78 is 32.5. The molecule has 1 aromatic carbocycles. The summed E-state index contributed by atoms with van der Waals surface area (Å²) in [6.07, 6.45) is 1.06. The van der Waals surface area contributed by atoms with Crippen LogP contribution in [0.5, 0.6) is 11.5 Å². The Balaban J connectivity index is 2.21. The standard InChI is InChI=1S/C14H23NO5S/c1-19-13-6-3-4-7-14(13)20-11-12(16)10-15-8-5-9-21(2,17)18/h3-4,6-7,12,15-16H,5,8-11H2,1-2H3. The molecule has 21 heavy (non-hydrogen) atoms. The number of hydrogen-bond acceptors (Lipinski definition) is 6. The predicted octanol–water partition coefficient (Wildman–Crippen LogP) is 0.459. The fourth-order valence-electron chi connectivity index (χ4n) is 1.71. The van der Waals surface area contributed by atoms with Gasteiger partial charge in [-0.3, -0.25) is 0 Å². The molecule has 0 heterocycles. The van der Waals surface area contributed by atoms with Crippen LogP contribution in [0.2, 0.25) is 0 Å². The van der Waals surface area contributed by atoms with Gasteiger partial charge in [0.25, 0.3) is 0 Å². The van der Waals surface area contributed by atoms with Crippen LogP contribution in [0.15, 0.2) is 24.3 Å². The summed E-state index contributed by atoms with van der Waals surface area (Å²) in [4.78, 5) is 0. The Morgan fingerprint density at radius 3 is 2.57 bits per heavy atom. The van der Waals surface area contributed by atoms with Gasteiger partial charge in [0.15, 0.2) is 11.5 Å². The van der Waals surface area contributed by atoms with Crippen molar-refractivity contribution >= 4 is 9.84 Å². The lowest BCUT2D eigenvalue weighted by molar-refractivity contribution is 0.105. The lowest BCUT2D eigenvalue weighted by Crippen LogP contribution is -2.32. The van der Waals surface area contributed by atoms with Gasteiger partial charge in [-0.25, -0.2) is 8.42 Å². The molecular formula is C14H23NO5S. The number of rotatable bonds is 10. The molecule has 0 saturated heterocycles. The normalized spacial score (nSPS) is 12.9. The Kier molecular flexibility index (Phi) is 7.49. The third-order valence-corrected chi connectivity index (χ3v) is 3.78. The lowest BCUT2D eigenvalue weighted by Gasteiger charge is -2.14. The molecule has 1 unspecified atom stereocenters. The van der Waals surface area contributed by atoms with Crippen LogP contribution in [-0.4, -0.2) is 58.4 Å². The van der Waals surface area contributed by atoms with Crippen molar-refractivity contribution in [3.05, 3.63) is 24.3 Å². The predicted molar refractivity (Wildman–Crippen MR) is 81.7 cm³/mol. The monoisotopic (exact) mass is 317 g/mol. The van der Waals surface area contributed by atoms with Gasteiger partial charge in [-0.15, -0.1) is 0 Å². The first-order valence-electron chi connectivity index (χ1n) is 6.74. The van der Waals surface area contributed by atoms with Crippen LogP contribution in [0.25, 0.3) is 0 Å². The van der Waals surface area contributed by atoms with E-state index in [2.05, 4.69) is 5.32 Å². The summed E-state index contributed by atoms with van der Waals surface area (Å²) in [5.74, 6) is 1.34. The van der Waals surface area contributed by atoms with Crippen LogP contribution in [-0.2, 0) is 9.84 Å². The average Bonchev–Trinajstić information content (AvgIpc) is 2.43. The van der Waals surface area contributed by atoms with Crippen LogP contribution in [0.3, 0.4) is 0 Å². The largest absolute Gasteiger partial charge is 0.493 e. The molecule has 2 N–H and O–H groups in total. The number of sulfone groups is 1. The van der Waals surface area contributed by atoms with Gasteiger partial charge < -0.3 is 19.9 Å². The molecular weight excluding hydrogens is 294 g/mol. The summed E-state index contributed by atoms with van der Waals surface area (Å²) in [5, 5.41) is 12.8. The minimum absolute atomic E-state index is 0.138. The van der Waals surface area contributed by atoms with E-state index in [1.165, 1.54) is 6.26 Å². The molecule has 0 radical (unpaired) electrons. The second-order valence-corrected chi connectivity index (χ2v) is 7.06. The van der Waals surface area contributed by atoms with Gasteiger partial charge in [-0.2, -0.15) is 0 Å². The van der Waals surface area contributed by atoms with Gasteiger partial charge in [0.05, 0.1) is 12.9 Å². The summed E-state index contributed by atoms with van der Waals surface area (Å²) in [6, 6.07) is 7.22. The Morgan fingerprint density at radius 2 is 1.95 bits per heavy atom. The summed E-state index contributed by atoms with van der Waals surface area (Å²) in [5.41, 5.74) is 0. The molecule has 0 aromatic heterocycles. The van der Waals surface area contributed by atoms with Crippen molar-refractivity contribution in [2.45, 2.75) is 12.5 Å². The topological polar surface area (TPSA) is 84.9 Å². The van der Waals surface area contributed by atoms with Crippen LogP contribution in [0.1, 0.15) is 6.42 Å². The van der Waals surface area contributed by atoms with Gasteiger partial charge in [0.2, 0.25) is 0 Å². The SMILES string of the molecule is COc1ccccc1OCC(O)CNCCCS(C)(=O)=O. The molecule has 0 aliphatic carbocycles. The maximum Gasteiger partial charge on any atom is 0.161 e. The highest BCUT2D eigenvalue weighted by molar-refractivity contribution is 7.90. The maximum atomic E-state index is 10.9. The molecule has 6 nitrogen and oxygen atoms in total. The minimum Gasteiger partial charge on any atom is -0.493 e. The summed E-state index contributed by atoms with van der Waals surface area (Å²) in [6.45, 7) is 1.02. The van der Waals surface area contributed by atoms with E-state index in [4.69, 9.17) is 9.47 Å². The molecule has 0 saturated carbocycles. The first kappa shape index (κ1) is 17.7. The number of ether oxygens (including phenoxy) is 2. The maximum absolute atomic E-state index is 10.9. The van der Waals surface area contributed by atoms with E-state index in [0.717, 1.165) is 0 Å². The fraction of sp³-hybridized carbons (Fsp3) is 0.571. The number of nitrogens with one attached hydrogen (secondary N) is 1. The van der Waals surface area contributed by atoms with Crippen LogP contribution in [0.4, 0.5) is 0 Å². The van der Waals surface area contributed by atoms with Gasteiger partial charge in [0.1, 0.15) is 22.5 Å². The van der Waals surface area contributed by atoms with Crippen LogP contribution < -0.4 is 14.8 Å². The number of aliphatic hydroxyl groups excluding tert-OH is 1. The van der Waals surface area contributed by atoms with Crippen molar-refractivity contribution in [2.24, 2.45) is 0 Å². The number of hydrogen-bond donors (Lipinski definition) is 2. The number of aliphatic hydroxyl groups is 1. The highest BCUT2D eigenvalue weighted by atomic mass is 32.2. The molecule has 0 amide bonds. The van der Waals surface area contributed by atoms with Gasteiger partial charge >= 0.3 is 0 Å². The van der Waals surface area contributed by atoms with Crippen molar-refractivity contribution < 1.29 is 23.0 Å². The first-order valence-corrected chi connectivity index (χ1v) is 8.81. The van der Waals surface area contributed by atoms with E-state index in [1.807, 2.05) is 12.1 Å². The van der Waals surface area contributed by atoms with E-state index in [-0.39, 0.29) is 12.4 Å². The Morgan fingerprint density at radius 1 is 1.29 bits per heavy atom. The second kappa shape index (κ2) is 8.86. The Bertz CT molecular complexity index is 518. The molecule has 0 aliphatic rings. The quantitative estimate of drug-likeness (QED) is 0.610. The van der Waals surface area contributed by atoms with E-state index in [1.54, 1.807) is 19.2 Å². The molecule has 7 heteroatoms. The Hall–Kier alpha value is -1.31. The third kappa shape index (κ3) is 7.89. The molecule has 1 aromatic rings. The third-order valence-electron chi connectivity index (χ3n) is 2.75. The van der Waals surface area contributed by atoms with Crippen LogP contribution >= 0.6 is 0 Å². The molecule has 0 aliphatic heterocycles. The van der Waals surface area contributed by atoms with E-state index in [9.17, 15) is 13.5 Å². The minimum atomic E-state index is -2.92. The summed E-state index contributed by atoms with van der Waals surface area (Å²) >= 11 is 0. The fourth-order valence-corrected chi connectivity index (χ4v) is 2.38. The zero-order chi connectivity index (χ0) is 15.7. The van der Waals surface area contributed by atoms with Crippen LogP contribution in [0, 0.1) is 0 Å². The van der Waals surface area contributed by atoms with E-state index >= 15 is 0 Å². The second-order valence-electron chi connectivity index (χ2n) is 4.80. The van der Waals surface area contributed by atoms with Crippen molar-refractivity contribution in [2.75, 3.05) is 38.8 Å². The summed E-state index contributed by atoms with van der Waals surface area (Å²) in [7, 11) is -1.36. The first-order chi connectivity index (χ1) is 9.92. The van der Waals surface area contributed by atoms with Crippen molar-refractivity contribution in [3.8, 4) is 11.5 Å². The number of benzene rings is 1. The highest BCUT2D eigenvalue weighted by Crippen LogP contribution is 2.25. The zero-order valence-electron chi connectivity index (χ0n) is 12.4. The molecule has 120 valence electrons. The molecule has 1 atom stereocenters. The van der Waals surface area contributed by atoms with Crippen molar-refractivity contribution in [1.82, 2.24) is 5.32 Å². The highest BCUT2D eigenvalue weighted by Gasteiger charge is 2.08. The zero-order valence-corrected chi connectivity index (χ0v) is 13.2.